The van der Waals surface area contributed by atoms with E-state index in [9.17, 15) is 0 Å². The number of rotatable bonds is 6. The van der Waals surface area contributed by atoms with Crippen molar-refractivity contribution in [3.8, 4) is 0 Å². The molecule has 80 valence electrons. The van der Waals surface area contributed by atoms with E-state index in [0.717, 1.165) is 29.9 Å². The molecule has 0 saturated heterocycles. The van der Waals surface area contributed by atoms with Crippen molar-refractivity contribution in [2.45, 2.75) is 26.7 Å². The Bertz CT molecular complexity index is 237. The van der Waals surface area contributed by atoms with Crippen LogP contribution in [0.25, 0.3) is 0 Å². The molecule has 0 heterocycles. The highest BCUT2D eigenvalue weighted by Gasteiger charge is 2.04. The van der Waals surface area contributed by atoms with Gasteiger partial charge in [0.15, 0.2) is 11.5 Å². The molecule has 2 heteroatoms. The van der Waals surface area contributed by atoms with Crippen LogP contribution in [-0.2, 0) is 9.47 Å². The topological polar surface area (TPSA) is 18.5 Å². The van der Waals surface area contributed by atoms with E-state index in [1.807, 2.05) is 19.1 Å². The third-order valence-corrected chi connectivity index (χ3v) is 1.85. The van der Waals surface area contributed by atoms with Crippen LogP contribution < -0.4 is 0 Å². The summed E-state index contributed by atoms with van der Waals surface area (Å²) in [5.41, 5.74) is 1.06. The molecule has 14 heavy (non-hydrogen) atoms. The fourth-order valence-corrected chi connectivity index (χ4v) is 1.17. The van der Waals surface area contributed by atoms with Crippen LogP contribution in [0.15, 0.2) is 35.8 Å². The summed E-state index contributed by atoms with van der Waals surface area (Å²) >= 11 is 0. The van der Waals surface area contributed by atoms with Crippen LogP contribution >= 0.6 is 0 Å². The van der Waals surface area contributed by atoms with E-state index >= 15 is 0 Å². The minimum atomic E-state index is 0.730. The molecule has 0 saturated carbocycles. The van der Waals surface area contributed by atoms with Gasteiger partial charge >= 0.3 is 0 Å². The Balaban J connectivity index is 4.61. The summed E-state index contributed by atoms with van der Waals surface area (Å²) < 4.78 is 10.4. The van der Waals surface area contributed by atoms with E-state index in [1.54, 1.807) is 14.2 Å². The van der Waals surface area contributed by atoms with Gasteiger partial charge < -0.3 is 9.47 Å². The number of hydrogen-bond acceptors (Lipinski definition) is 2. The lowest BCUT2D eigenvalue weighted by atomic mass is 10.1. The van der Waals surface area contributed by atoms with Gasteiger partial charge in [0, 0.05) is 0 Å². The fourth-order valence-electron chi connectivity index (χ4n) is 1.17. The smallest absolute Gasteiger partial charge is 0.160 e. The van der Waals surface area contributed by atoms with Gasteiger partial charge in [-0.15, -0.1) is 0 Å². The van der Waals surface area contributed by atoms with Gasteiger partial charge in [0.05, 0.1) is 14.2 Å². The first-order chi connectivity index (χ1) is 6.69. The predicted octanol–water partition coefficient (Wildman–Crippen LogP) is 3.42. The summed E-state index contributed by atoms with van der Waals surface area (Å²) in [5, 5.41) is 0. The van der Waals surface area contributed by atoms with Gasteiger partial charge in [0.25, 0.3) is 0 Å². The van der Waals surface area contributed by atoms with E-state index < -0.39 is 0 Å². The molecule has 0 fully saturated rings. The maximum Gasteiger partial charge on any atom is 0.160 e. The van der Waals surface area contributed by atoms with Gasteiger partial charge in [0.1, 0.15) is 0 Å². The normalized spacial score (nSPS) is 12.6. The molecule has 0 aromatic heterocycles. The molecular weight excluding hydrogens is 176 g/mol. The van der Waals surface area contributed by atoms with Crippen LogP contribution in [0.5, 0.6) is 0 Å². The maximum absolute atomic E-state index is 5.22. The Kier molecular flexibility index (Phi) is 6.63. The second-order valence-electron chi connectivity index (χ2n) is 2.98. The standard InChI is InChI=1S/C12H20O2/c1-6-8-10(3)9-12(14-5)11(7-2)13-4/h7,9H,3,6,8H2,1-2,4-5H3. The van der Waals surface area contributed by atoms with Crippen LogP contribution in [0.4, 0.5) is 0 Å². The van der Waals surface area contributed by atoms with Crippen molar-refractivity contribution in [3.05, 3.63) is 35.8 Å². The summed E-state index contributed by atoms with van der Waals surface area (Å²) in [6.45, 7) is 7.98. The maximum atomic E-state index is 5.22. The summed E-state index contributed by atoms with van der Waals surface area (Å²) in [6.07, 6.45) is 5.86. The average Bonchev–Trinajstić information content (AvgIpc) is 2.18. The monoisotopic (exact) mass is 196 g/mol. The van der Waals surface area contributed by atoms with Gasteiger partial charge in [-0.2, -0.15) is 0 Å². The van der Waals surface area contributed by atoms with Gasteiger partial charge in [-0.3, -0.25) is 0 Å². The molecule has 0 aliphatic carbocycles. The molecule has 0 aliphatic heterocycles. The van der Waals surface area contributed by atoms with Crippen molar-refractivity contribution in [1.82, 2.24) is 0 Å². The third kappa shape index (κ3) is 4.17. The first-order valence-corrected chi connectivity index (χ1v) is 4.83. The van der Waals surface area contributed by atoms with Crippen LogP contribution in [0, 0.1) is 0 Å². The quantitative estimate of drug-likeness (QED) is 0.478. The Labute approximate surface area is 86.9 Å². The highest BCUT2D eigenvalue weighted by Crippen LogP contribution is 2.15. The average molecular weight is 196 g/mol. The minimum absolute atomic E-state index is 0.730. The Morgan fingerprint density at radius 1 is 1.21 bits per heavy atom. The molecule has 0 radical (unpaired) electrons. The number of allylic oxidation sites excluding steroid dienone is 3. The van der Waals surface area contributed by atoms with Crippen LogP contribution in [-0.4, -0.2) is 14.2 Å². The van der Waals surface area contributed by atoms with Crippen LogP contribution in [0.3, 0.4) is 0 Å². The van der Waals surface area contributed by atoms with Gasteiger partial charge in [-0.05, 0) is 25.5 Å². The van der Waals surface area contributed by atoms with E-state index in [1.165, 1.54) is 0 Å². The van der Waals surface area contributed by atoms with Crippen molar-refractivity contribution in [1.29, 1.82) is 0 Å². The zero-order chi connectivity index (χ0) is 11.0. The first-order valence-electron chi connectivity index (χ1n) is 4.83. The minimum Gasteiger partial charge on any atom is -0.493 e. The molecular formula is C12H20O2. The molecule has 0 aliphatic rings. The second-order valence-corrected chi connectivity index (χ2v) is 2.98. The largest absolute Gasteiger partial charge is 0.493 e. The van der Waals surface area contributed by atoms with Crippen LogP contribution in [0.1, 0.15) is 26.7 Å². The fraction of sp³-hybridized carbons (Fsp3) is 0.500. The van der Waals surface area contributed by atoms with Crippen molar-refractivity contribution in [3.63, 3.8) is 0 Å². The third-order valence-electron chi connectivity index (χ3n) is 1.85. The lowest BCUT2D eigenvalue weighted by Gasteiger charge is -2.09. The summed E-state index contributed by atoms with van der Waals surface area (Å²) in [4.78, 5) is 0. The molecule has 0 rings (SSSR count). The summed E-state index contributed by atoms with van der Waals surface area (Å²) in [5.74, 6) is 1.47. The second kappa shape index (κ2) is 7.25. The highest BCUT2D eigenvalue weighted by molar-refractivity contribution is 5.28. The highest BCUT2D eigenvalue weighted by atomic mass is 16.5. The zero-order valence-electron chi connectivity index (χ0n) is 9.59. The molecule has 0 aromatic rings. The van der Waals surface area contributed by atoms with Crippen molar-refractivity contribution in [2.24, 2.45) is 0 Å². The molecule has 0 atom stereocenters. The molecule has 0 spiro atoms. The summed E-state index contributed by atoms with van der Waals surface area (Å²) in [7, 11) is 3.26. The molecule has 2 nitrogen and oxygen atoms in total. The SMILES string of the molecule is C=C(C=C(OC)C(=CC)OC)CCC. The number of ether oxygens (including phenoxy) is 2. The van der Waals surface area contributed by atoms with E-state index in [-0.39, 0.29) is 0 Å². The zero-order valence-corrected chi connectivity index (χ0v) is 9.59. The Morgan fingerprint density at radius 2 is 1.79 bits per heavy atom. The van der Waals surface area contributed by atoms with Crippen molar-refractivity contribution in [2.75, 3.05) is 14.2 Å². The first kappa shape index (κ1) is 12.8. The van der Waals surface area contributed by atoms with Crippen LogP contribution in [0.2, 0.25) is 0 Å². The molecule has 0 unspecified atom stereocenters. The van der Waals surface area contributed by atoms with Gasteiger partial charge in [-0.25, -0.2) is 0 Å². The lowest BCUT2D eigenvalue weighted by Crippen LogP contribution is -1.95. The molecule has 0 amide bonds. The Hall–Kier alpha value is -1.18. The number of hydrogen-bond donors (Lipinski definition) is 0. The summed E-state index contributed by atoms with van der Waals surface area (Å²) in [6, 6.07) is 0. The van der Waals surface area contributed by atoms with E-state index in [0.29, 0.717) is 0 Å². The van der Waals surface area contributed by atoms with Crippen molar-refractivity contribution >= 4 is 0 Å². The van der Waals surface area contributed by atoms with E-state index in [4.69, 9.17) is 9.47 Å². The van der Waals surface area contributed by atoms with Crippen molar-refractivity contribution < 1.29 is 9.47 Å². The van der Waals surface area contributed by atoms with Gasteiger partial charge in [-0.1, -0.05) is 25.5 Å². The number of methoxy groups -OCH3 is 2. The van der Waals surface area contributed by atoms with Gasteiger partial charge in [0.2, 0.25) is 0 Å². The molecule has 0 aromatic carbocycles. The lowest BCUT2D eigenvalue weighted by molar-refractivity contribution is 0.219. The van der Waals surface area contributed by atoms with E-state index in [2.05, 4.69) is 13.5 Å². The molecule has 0 N–H and O–H groups in total. The predicted molar refractivity (Wildman–Crippen MR) is 59.9 cm³/mol. The molecule has 0 bridgehead atoms. The Morgan fingerprint density at radius 3 is 2.14 bits per heavy atom.